The van der Waals surface area contributed by atoms with Gasteiger partial charge in [0.25, 0.3) is 11.7 Å². The van der Waals surface area contributed by atoms with Gasteiger partial charge in [0.2, 0.25) is 0 Å². The predicted molar refractivity (Wildman–Crippen MR) is 152 cm³/mol. The molecule has 0 saturated carbocycles. The number of rotatable bonds is 17. The van der Waals surface area contributed by atoms with E-state index in [2.05, 4.69) is 6.92 Å². The Kier molecular flexibility index (Phi) is 12.5. The smallest absolute Gasteiger partial charge is 0.295 e. The Labute approximate surface area is 227 Å². The first-order valence-corrected chi connectivity index (χ1v) is 14.6. The van der Waals surface area contributed by atoms with Crippen molar-refractivity contribution in [1.82, 2.24) is 4.90 Å². The van der Waals surface area contributed by atoms with Crippen LogP contribution in [0.4, 0.5) is 4.39 Å². The number of aliphatic hydroxyl groups is 1. The number of hydrogen-bond donors (Lipinski definition) is 1. The van der Waals surface area contributed by atoms with E-state index in [9.17, 15) is 19.1 Å². The van der Waals surface area contributed by atoms with Crippen LogP contribution in [0.1, 0.15) is 114 Å². The third kappa shape index (κ3) is 8.28. The average Bonchev–Trinajstić information content (AvgIpc) is 3.18. The maximum atomic E-state index is 14.9. The molecule has 2 aromatic carbocycles. The fourth-order valence-corrected chi connectivity index (χ4v) is 5.36. The van der Waals surface area contributed by atoms with Crippen LogP contribution in [0.3, 0.4) is 0 Å². The van der Waals surface area contributed by atoms with E-state index in [4.69, 9.17) is 0 Å². The van der Waals surface area contributed by atoms with E-state index >= 15 is 0 Å². The van der Waals surface area contributed by atoms with Crippen LogP contribution in [0.5, 0.6) is 0 Å². The van der Waals surface area contributed by atoms with Gasteiger partial charge in [0.15, 0.2) is 0 Å². The number of ketones is 1. The zero-order valence-corrected chi connectivity index (χ0v) is 23.0. The highest BCUT2D eigenvalue weighted by Gasteiger charge is 2.46. The minimum absolute atomic E-state index is 0.0448. The Morgan fingerprint density at radius 3 is 1.79 bits per heavy atom. The van der Waals surface area contributed by atoms with Crippen LogP contribution in [-0.2, 0) is 9.59 Å². The second-order valence-electron chi connectivity index (χ2n) is 10.5. The van der Waals surface area contributed by atoms with Crippen molar-refractivity contribution >= 4 is 17.4 Å². The van der Waals surface area contributed by atoms with Gasteiger partial charge in [-0.1, -0.05) is 139 Å². The lowest BCUT2D eigenvalue weighted by Gasteiger charge is -2.25. The van der Waals surface area contributed by atoms with E-state index in [1.807, 2.05) is 0 Å². The van der Waals surface area contributed by atoms with Crippen LogP contribution in [-0.4, -0.2) is 28.2 Å². The third-order valence-electron chi connectivity index (χ3n) is 7.54. The van der Waals surface area contributed by atoms with Crippen LogP contribution in [0.2, 0.25) is 0 Å². The highest BCUT2D eigenvalue weighted by atomic mass is 19.1. The Balaban J connectivity index is 1.51. The van der Waals surface area contributed by atoms with Crippen molar-refractivity contribution in [1.29, 1.82) is 0 Å². The fraction of sp³-hybridized carbons (Fsp3) is 0.515. The molecule has 2 aromatic rings. The van der Waals surface area contributed by atoms with E-state index in [-0.39, 0.29) is 16.9 Å². The maximum absolute atomic E-state index is 14.9. The molecule has 1 fully saturated rings. The van der Waals surface area contributed by atoms with Crippen molar-refractivity contribution in [3.8, 4) is 0 Å². The van der Waals surface area contributed by atoms with Crippen LogP contribution in [0.15, 0.2) is 60.2 Å². The number of halogens is 1. The molecule has 0 spiro atoms. The normalized spacial score (nSPS) is 16.9. The number of likely N-dealkylation sites (tertiary alicyclic amines) is 1. The number of amides is 1. The molecule has 0 bridgehead atoms. The van der Waals surface area contributed by atoms with E-state index in [1.165, 1.54) is 81.6 Å². The summed E-state index contributed by atoms with van der Waals surface area (Å²) < 4.78 is 14.9. The molecule has 206 valence electrons. The van der Waals surface area contributed by atoms with Crippen molar-refractivity contribution in [3.63, 3.8) is 0 Å². The van der Waals surface area contributed by atoms with Crippen molar-refractivity contribution in [2.24, 2.45) is 0 Å². The number of unbranched alkanes of at least 4 members (excludes halogenated alkanes) is 13. The lowest BCUT2D eigenvalue weighted by atomic mass is 9.95. The van der Waals surface area contributed by atoms with E-state index in [1.54, 1.807) is 48.5 Å². The summed E-state index contributed by atoms with van der Waals surface area (Å²) in [5.74, 6) is -2.19. The number of hydrogen-bond acceptors (Lipinski definition) is 3. The second-order valence-corrected chi connectivity index (χ2v) is 10.5. The first-order chi connectivity index (χ1) is 18.6. The van der Waals surface area contributed by atoms with Gasteiger partial charge >= 0.3 is 0 Å². The molecule has 1 aliphatic heterocycles. The molecule has 3 rings (SSSR count). The third-order valence-corrected chi connectivity index (χ3v) is 7.54. The number of Topliss-reactive ketones (excluding diaryl/α,β-unsaturated/α-hetero) is 1. The van der Waals surface area contributed by atoms with Gasteiger partial charge in [-0.15, -0.1) is 0 Å². The molecule has 0 aromatic heterocycles. The highest BCUT2D eigenvalue weighted by molar-refractivity contribution is 6.46. The molecule has 38 heavy (non-hydrogen) atoms. The summed E-state index contributed by atoms with van der Waals surface area (Å²) in [7, 11) is 0. The topological polar surface area (TPSA) is 57.6 Å². The average molecular weight is 522 g/mol. The van der Waals surface area contributed by atoms with Crippen molar-refractivity contribution in [2.45, 2.75) is 103 Å². The SMILES string of the molecule is CCCCCCCCCCCCCCCCN1C(=O)C(=O)/C(=C(/O)c2ccccc2)C1c1ccccc1F. The molecule has 5 heteroatoms. The molecule has 0 aliphatic carbocycles. The Hall–Kier alpha value is -2.95. The molecular formula is C33H44FNO3. The molecular weight excluding hydrogens is 477 g/mol. The van der Waals surface area contributed by atoms with E-state index in [0.717, 1.165) is 19.3 Å². The monoisotopic (exact) mass is 521 g/mol. The van der Waals surface area contributed by atoms with Gasteiger partial charge < -0.3 is 10.0 Å². The number of benzene rings is 2. The summed E-state index contributed by atoms with van der Waals surface area (Å²) in [5, 5.41) is 11.0. The number of carbonyl (C=O) groups is 2. The Bertz CT molecular complexity index is 1050. The summed E-state index contributed by atoms with van der Waals surface area (Å²) in [6.45, 7) is 2.61. The quantitative estimate of drug-likeness (QED) is 0.0980. The summed E-state index contributed by atoms with van der Waals surface area (Å²) in [6, 6.07) is 13.9. The van der Waals surface area contributed by atoms with Crippen molar-refractivity contribution < 1.29 is 19.1 Å². The number of carbonyl (C=O) groups excluding carboxylic acids is 2. The molecule has 1 amide bonds. The van der Waals surface area contributed by atoms with Gasteiger partial charge in [0.1, 0.15) is 11.6 Å². The largest absolute Gasteiger partial charge is 0.507 e. The van der Waals surface area contributed by atoms with Crippen LogP contribution >= 0.6 is 0 Å². The summed E-state index contributed by atoms with van der Waals surface area (Å²) >= 11 is 0. The van der Waals surface area contributed by atoms with Gasteiger partial charge in [0, 0.05) is 17.7 Å². The summed E-state index contributed by atoms with van der Waals surface area (Å²) in [6.07, 6.45) is 17.2. The maximum Gasteiger partial charge on any atom is 0.295 e. The molecule has 1 atom stereocenters. The molecule has 1 unspecified atom stereocenters. The van der Waals surface area contributed by atoms with Crippen LogP contribution in [0.25, 0.3) is 5.76 Å². The van der Waals surface area contributed by atoms with E-state index < -0.39 is 23.5 Å². The summed E-state index contributed by atoms with van der Waals surface area (Å²) in [4.78, 5) is 27.5. The lowest BCUT2D eigenvalue weighted by molar-refractivity contribution is -0.140. The van der Waals surface area contributed by atoms with Crippen LogP contribution in [0, 0.1) is 5.82 Å². The number of aliphatic hydroxyl groups excluding tert-OH is 1. The Morgan fingerprint density at radius 1 is 0.737 bits per heavy atom. The molecule has 1 heterocycles. The first kappa shape index (κ1) is 29.6. The van der Waals surface area contributed by atoms with Gasteiger partial charge in [-0.05, 0) is 12.5 Å². The van der Waals surface area contributed by atoms with Gasteiger partial charge in [-0.2, -0.15) is 0 Å². The van der Waals surface area contributed by atoms with Crippen molar-refractivity contribution in [3.05, 3.63) is 77.1 Å². The molecule has 1 saturated heterocycles. The molecule has 0 radical (unpaired) electrons. The first-order valence-electron chi connectivity index (χ1n) is 14.6. The summed E-state index contributed by atoms with van der Waals surface area (Å²) in [5.41, 5.74) is 0.620. The second kappa shape index (κ2) is 16.1. The minimum atomic E-state index is -0.932. The number of nitrogens with zero attached hydrogens (tertiary/aromatic N) is 1. The molecule has 1 aliphatic rings. The highest BCUT2D eigenvalue weighted by Crippen LogP contribution is 2.40. The van der Waals surface area contributed by atoms with Gasteiger partial charge in [-0.3, -0.25) is 9.59 Å². The fourth-order valence-electron chi connectivity index (χ4n) is 5.36. The molecule has 1 N–H and O–H groups in total. The molecule has 4 nitrogen and oxygen atoms in total. The van der Waals surface area contributed by atoms with Crippen LogP contribution < -0.4 is 0 Å². The van der Waals surface area contributed by atoms with Gasteiger partial charge in [-0.25, -0.2) is 4.39 Å². The lowest BCUT2D eigenvalue weighted by Crippen LogP contribution is -2.31. The zero-order chi connectivity index (χ0) is 27.2. The standard InChI is InChI=1S/C33H44FNO3/c1-2-3-4-5-6-7-8-9-10-11-12-13-14-20-25-35-30(27-23-18-19-24-28(27)34)29(32(37)33(35)38)31(36)26-21-16-15-17-22-26/h15-19,21-24,30,36H,2-14,20,25H2,1H3/b31-29+. The minimum Gasteiger partial charge on any atom is -0.507 e. The Morgan fingerprint density at radius 2 is 1.24 bits per heavy atom. The zero-order valence-electron chi connectivity index (χ0n) is 23.0. The van der Waals surface area contributed by atoms with Gasteiger partial charge in [0.05, 0.1) is 11.6 Å². The van der Waals surface area contributed by atoms with Crippen molar-refractivity contribution in [2.75, 3.05) is 6.54 Å². The van der Waals surface area contributed by atoms with E-state index in [0.29, 0.717) is 12.1 Å². The predicted octanol–water partition coefficient (Wildman–Crippen LogP) is 8.73.